The van der Waals surface area contributed by atoms with Gasteiger partial charge in [-0.05, 0) is 68.5 Å². The first-order valence-corrected chi connectivity index (χ1v) is 10.2. The summed E-state index contributed by atoms with van der Waals surface area (Å²) in [6.07, 6.45) is 3.00. The number of hydrogen-bond donors (Lipinski definition) is 2. The maximum Gasteiger partial charge on any atom is 0.135 e. The summed E-state index contributed by atoms with van der Waals surface area (Å²) in [5.41, 5.74) is 10.1. The van der Waals surface area contributed by atoms with Crippen LogP contribution in [0, 0.1) is 5.82 Å². The van der Waals surface area contributed by atoms with E-state index in [1.807, 2.05) is 13.1 Å². The predicted octanol–water partition coefficient (Wildman–Crippen LogP) is 4.24. The molecule has 29 heavy (non-hydrogen) atoms. The van der Waals surface area contributed by atoms with Gasteiger partial charge in [-0.1, -0.05) is 36.4 Å². The Hall–Kier alpha value is -2.50. The summed E-state index contributed by atoms with van der Waals surface area (Å²) in [5, 5.41) is 3.29. The van der Waals surface area contributed by atoms with Gasteiger partial charge in [0.15, 0.2) is 0 Å². The molecule has 0 bridgehead atoms. The summed E-state index contributed by atoms with van der Waals surface area (Å²) in [6.45, 7) is 9.34. The Balaban J connectivity index is 1.72. The van der Waals surface area contributed by atoms with Gasteiger partial charge in [-0.25, -0.2) is 9.38 Å². The number of amidine groups is 1. The Labute approximate surface area is 172 Å². The third kappa shape index (κ3) is 3.28. The summed E-state index contributed by atoms with van der Waals surface area (Å²) in [6, 6.07) is 15.2. The fourth-order valence-electron chi connectivity index (χ4n) is 4.51. The minimum Gasteiger partial charge on any atom is -0.348 e. The van der Waals surface area contributed by atoms with Crippen molar-refractivity contribution in [2.24, 2.45) is 10.7 Å². The second-order valence-corrected chi connectivity index (χ2v) is 8.48. The van der Waals surface area contributed by atoms with E-state index in [-0.39, 0.29) is 11.9 Å². The van der Waals surface area contributed by atoms with E-state index in [1.54, 1.807) is 12.1 Å². The van der Waals surface area contributed by atoms with E-state index in [1.165, 1.54) is 23.3 Å². The molecule has 0 fully saturated rings. The highest BCUT2D eigenvalue weighted by Gasteiger charge is 2.43. The van der Waals surface area contributed by atoms with Crippen molar-refractivity contribution in [3.63, 3.8) is 0 Å². The van der Waals surface area contributed by atoms with Gasteiger partial charge in [-0.15, -0.1) is 0 Å². The molecule has 0 aliphatic carbocycles. The minimum atomic E-state index is -0.858. The van der Waals surface area contributed by atoms with Crippen molar-refractivity contribution in [3.8, 4) is 0 Å². The van der Waals surface area contributed by atoms with Crippen LogP contribution in [0.4, 0.5) is 4.39 Å². The molecule has 152 valence electrons. The maximum atomic E-state index is 13.4. The molecule has 2 heterocycles. The van der Waals surface area contributed by atoms with Gasteiger partial charge in [0.25, 0.3) is 0 Å². The normalized spacial score (nSPS) is 26.6. The number of rotatable bonds is 3. The zero-order valence-electron chi connectivity index (χ0n) is 17.5. The van der Waals surface area contributed by atoms with Crippen LogP contribution in [0.5, 0.6) is 0 Å². The van der Waals surface area contributed by atoms with Crippen molar-refractivity contribution >= 4 is 5.84 Å². The van der Waals surface area contributed by atoms with Gasteiger partial charge in [0, 0.05) is 18.8 Å². The summed E-state index contributed by atoms with van der Waals surface area (Å²) in [7, 11) is 0. The molecule has 3 unspecified atom stereocenters. The van der Waals surface area contributed by atoms with Crippen molar-refractivity contribution in [2.75, 3.05) is 6.54 Å². The second kappa shape index (κ2) is 7.08. The van der Waals surface area contributed by atoms with Crippen molar-refractivity contribution in [3.05, 3.63) is 82.8 Å². The van der Waals surface area contributed by atoms with Crippen LogP contribution in [-0.4, -0.2) is 22.9 Å². The van der Waals surface area contributed by atoms with E-state index in [9.17, 15) is 4.39 Å². The molecular formula is C24H29FN4. The van der Waals surface area contributed by atoms with E-state index in [2.05, 4.69) is 55.3 Å². The molecular weight excluding hydrogens is 363 g/mol. The van der Waals surface area contributed by atoms with Gasteiger partial charge in [0.1, 0.15) is 17.3 Å². The summed E-state index contributed by atoms with van der Waals surface area (Å²) < 4.78 is 13.4. The van der Waals surface area contributed by atoms with E-state index in [0.717, 1.165) is 24.1 Å². The number of nitrogens with one attached hydrogen (secondary N) is 1. The molecule has 3 atom stereocenters. The van der Waals surface area contributed by atoms with Crippen LogP contribution in [0.2, 0.25) is 0 Å². The van der Waals surface area contributed by atoms with Crippen LogP contribution in [0.25, 0.3) is 0 Å². The molecule has 0 aromatic heterocycles. The minimum absolute atomic E-state index is 0.242. The lowest BCUT2D eigenvalue weighted by Crippen LogP contribution is -2.57. The van der Waals surface area contributed by atoms with E-state index in [0.29, 0.717) is 5.84 Å². The van der Waals surface area contributed by atoms with E-state index < -0.39 is 11.2 Å². The number of halogens is 1. The van der Waals surface area contributed by atoms with Gasteiger partial charge < -0.3 is 11.1 Å². The average Bonchev–Trinajstić information content (AvgIpc) is 2.71. The topological polar surface area (TPSA) is 53.6 Å². The zero-order chi connectivity index (χ0) is 20.8. The van der Waals surface area contributed by atoms with Crippen molar-refractivity contribution in [2.45, 2.75) is 51.4 Å². The van der Waals surface area contributed by atoms with Crippen molar-refractivity contribution in [1.29, 1.82) is 0 Å². The van der Waals surface area contributed by atoms with Crippen molar-refractivity contribution < 1.29 is 4.39 Å². The summed E-state index contributed by atoms with van der Waals surface area (Å²) in [4.78, 5) is 7.60. The molecule has 0 amide bonds. The fourth-order valence-corrected chi connectivity index (χ4v) is 4.51. The SMILES string of the molecule is CC1=CNC(C(C)(N)c2ccc(F)cc2)=NC1(C)N1CCc2ccccc2C1C. The Morgan fingerprint density at radius 1 is 1.21 bits per heavy atom. The molecule has 3 N–H and O–H groups in total. The number of nitrogens with two attached hydrogens (primary N) is 1. The van der Waals surface area contributed by atoms with Gasteiger partial charge in [0.05, 0.1) is 5.54 Å². The number of benzene rings is 2. The Kier molecular flexibility index (Phi) is 4.83. The monoisotopic (exact) mass is 392 g/mol. The molecule has 5 heteroatoms. The quantitative estimate of drug-likeness (QED) is 0.821. The number of nitrogens with zero attached hydrogens (tertiary/aromatic N) is 2. The molecule has 0 radical (unpaired) electrons. The highest BCUT2D eigenvalue weighted by atomic mass is 19.1. The van der Waals surface area contributed by atoms with Crippen LogP contribution >= 0.6 is 0 Å². The van der Waals surface area contributed by atoms with Crippen LogP contribution in [-0.2, 0) is 12.0 Å². The molecule has 4 rings (SSSR count). The average molecular weight is 393 g/mol. The third-order valence-electron chi connectivity index (χ3n) is 6.59. The van der Waals surface area contributed by atoms with Crippen molar-refractivity contribution in [1.82, 2.24) is 10.2 Å². The lowest BCUT2D eigenvalue weighted by molar-refractivity contribution is 0.0852. The molecule has 2 aromatic rings. The first-order valence-electron chi connectivity index (χ1n) is 10.2. The zero-order valence-corrected chi connectivity index (χ0v) is 17.5. The lowest BCUT2D eigenvalue weighted by Gasteiger charge is -2.48. The fraction of sp³-hybridized carbons (Fsp3) is 0.375. The second-order valence-electron chi connectivity index (χ2n) is 8.48. The first kappa shape index (κ1) is 19.8. The molecule has 2 aliphatic rings. The lowest BCUT2D eigenvalue weighted by atomic mass is 9.87. The largest absolute Gasteiger partial charge is 0.348 e. The maximum absolute atomic E-state index is 13.4. The molecule has 2 aromatic carbocycles. The Morgan fingerprint density at radius 3 is 2.62 bits per heavy atom. The highest BCUT2D eigenvalue weighted by Crippen LogP contribution is 2.40. The molecule has 4 nitrogen and oxygen atoms in total. The Morgan fingerprint density at radius 2 is 1.90 bits per heavy atom. The number of aliphatic imine (C=N–C) groups is 1. The third-order valence-corrected chi connectivity index (χ3v) is 6.59. The molecule has 2 aliphatic heterocycles. The van der Waals surface area contributed by atoms with Gasteiger partial charge in [0.2, 0.25) is 0 Å². The molecule has 0 saturated carbocycles. The van der Waals surface area contributed by atoms with Crippen LogP contribution in [0.3, 0.4) is 0 Å². The smallest absolute Gasteiger partial charge is 0.135 e. The Bertz CT molecular complexity index is 977. The first-order chi connectivity index (χ1) is 13.7. The van der Waals surface area contributed by atoms with E-state index >= 15 is 0 Å². The standard InChI is InChI=1S/C24H29FN4/c1-16-15-27-22(23(3,26)19-9-11-20(25)12-10-19)28-24(16,4)29-14-13-18-7-5-6-8-21(18)17(29)2/h5-12,15,17H,13-14,26H2,1-4H3,(H,27,28). The predicted molar refractivity (Wildman–Crippen MR) is 116 cm³/mol. The van der Waals surface area contributed by atoms with E-state index in [4.69, 9.17) is 10.7 Å². The summed E-state index contributed by atoms with van der Waals surface area (Å²) in [5.74, 6) is 0.410. The summed E-state index contributed by atoms with van der Waals surface area (Å²) >= 11 is 0. The highest BCUT2D eigenvalue weighted by molar-refractivity contribution is 5.94. The molecule has 0 spiro atoms. The number of hydrogen-bond acceptors (Lipinski definition) is 4. The van der Waals surface area contributed by atoms with Gasteiger partial charge in [-0.3, -0.25) is 4.90 Å². The van der Waals surface area contributed by atoms with Gasteiger partial charge in [-0.2, -0.15) is 0 Å². The van der Waals surface area contributed by atoms with Crippen LogP contribution in [0.15, 0.2) is 65.3 Å². The van der Waals surface area contributed by atoms with Crippen LogP contribution < -0.4 is 11.1 Å². The van der Waals surface area contributed by atoms with Gasteiger partial charge >= 0.3 is 0 Å². The number of fused-ring (bicyclic) bond motifs is 1. The van der Waals surface area contributed by atoms with Crippen LogP contribution in [0.1, 0.15) is 50.4 Å². The molecule has 0 saturated heterocycles.